The molecule has 152 valence electrons. The van der Waals surface area contributed by atoms with E-state index in [1.165, 1.54) is 49.7 Å². The summed E-state index contributed by atoms with van der Waals surface area (Å²) in [6, 6.07) is 6.30. The van der Waals surface area contributed by atoms with Crippen molar-refractivity contribution in [1.29, 1.82) is 0 Å². The van der Waals surface area contributed by atoms with Crippen LogP contribution in [0.25, 0.3) is 0 Å². The van der Waals surface area contributed by atoms with Gasteiger partial charge in [0.1, 0.15) is 0 Å². The van der Waals surface area contributed by atoms with Crippen LogP contribution in [0.3, 0.4) is 0 Å². The van der Waals surface area contributed by atoms with Crippen LogP contribution >= 0.6 is 0 Å². The van der Waals surface area contributed by atoms with Crippen molar-refractivity contribution in [3.05, 3.63) is 34.9 Å². The third-order valence-corrected chi connectivity index (χ3v) is 7.47. The Bertz CT molecular complexity index is 735. The summed E-state index contributed by atoms with van der Waals surface area (Å²) in [5.41, 5.74) is 3.81. The Hall–Kier alpha value is -1.84. The number of carbonyl (C=O) groups excluding carboxylic acids is 2. The molecule has 0 heterocycles. The monoisotopic (exact) mass is 382 g/mol. The number of benzene rings is 1. The van der Waals surface area contributed by atoms with E-state index in [0.717, 1.165) is 23.3 Å². The minimum Gasteiger partial charge on any atom is -0.347 e. The normalized spacial score (nSPS) is 30.3. The Kier molecular flexibility index (Phi) is 5.24. The van der Waals surface area contributed by atoms with E-state index < -0.39 is 0 Å². The van der Waals surface area contributed by atoms with E-state index in [0.29, 0.717) is 13.0 Å². The first kappa shape index (κ1) is 19.5. The quantitative estimate of drug-likeness (QED) is 0.809. The summed E-state index contributed by atoms with van der Waals surface area (Å²) in [5.74, 6) is 2.59. The lowest BCUT2D eigenvalue weighted by Crippen LogP contribution is -2.48. The predicted molar refractivity (Wildman–Crippen MR) is 111 cm³/mol. The Balaban J connectivity index is 1.27. The van der Waals surface area contributed by atoms with Crippen LogP contribution in [0, 0.1) is 37.0 Å². The molecule has 0 unspecified atom stereocenters. The zero-order valence-corrected chi connectivity index (χ0v) is 17.6. The molecule has 0 saturated heterocycles. The number of hydrogen-bond acceptors (Lipinski definition) is 2. The number of amides is 2. The minimum atomic E-state index is -0.0289. The minimum absolute atomic E-state index is 0.0289. The van der Waals surface area contributed by atoms with E-state index in [2.05, 4.69) is 37.4 Å². The van der Waals surface area contributed by atoms with Gasteiger partial charge >= 0.3 is 0 Å². The molecular weight excluding hydrogens is 348 g/mol. The van der Waals surface area contributed by atoms with Crippen LogP contribution in [-0.4, -0.2) is 30.3 Å². The molecule has 0 aromatic heterocycles. The topological polar surface area (TPSA) is 49.4 Å². The highest BCUT2D eigenvalue weighted by atomic mass is 16.2. The van der Waals surface area contributed by atoms with Gasteiger partial charge in [-0.15, -0.1) is 0 Å². The molecule has 4 bridgehead atoms. The van der Waals surface area contributed by atoms with Crippen molar-refractivity contribution in [1.82, 2.24) is 10.2 Å². The standard InChI is InChI=1S/C24H34N2O2/c1-16-4-5-21(17(2)6-16)15-26(3)23(28)14-25-22(27)13-24-10-18-7-19(11-24)9-20(8-18)12-24/h4-6,18-20H,7-15H2,1-3H3,(H,25,27). The number of hydrogen-bond donors (Lipinski definition) is 1. The summed E-state index contributed by atoms with van der Waals surface area (Å²) < 4.78 is 0. The van der Waals surface area contributed by atoms with Crippen molar-refractivity contribution < 1.29 is 9.59 Å². The smallest absolute Gasteiger partial charge is 0.242 e. The van der Waals surface area contributed by atoms with Crippen LogP contribution in [0.4, 0.5) is 0 Å². The summed E-state index contributed by atoms with van der Waals surface area (Å²) in [6.07, 6.45) is 8.48. The zero-order chi connectivity index (χ0) is 19.9. The molecule has 4 saturated carbocycles. The number of nitrogens with zero attached hydrogens (tertiary/aromatic N) is 1. The van der Waals surface area contributed by atoms with Gasteiger partial charge in [-0.05, 0) is 86.7 Å². The highest BCUT2D eigenvalue weighted by molar-refractivity contribution is 5.85. The molecule has 1 aromatic rings. The number of nitrogens with one attached hydrogen (secondary N) is 1. The fourth-order valence-corrected chi connectivity index (χ4v) is 6.59. The van der Waals surface area contributed by atoms with Gasteiger partial charge in [0.2, 0.25) is 11.8 Å². The predicted octanol–water partition coefficient (Wildman–Crippen LogP) is 3.98. The van der Waals surface area contributed by atoms with Gasteiger partial charge in [0.05, 0.1) is 6.54 Å². The Morgan fingerprint density at radius 1 is 1.07 bits per heavy atom. The zero-order valence-electron chi connectivity index (χ0n) is 17.6. The van der Waals surface area contributed by atoms with E-state index in [1.807, 2.05) is 7.05 Å². The summed E-state index contributed by atoms with van der Waals surface area (Å²) in [6.45, 7) is 4.83. The molecule has 0 spiro atoms. The van der Waals surface area contributed by atoms with Crippen molar-refractivity contribution in [2.45, 2.75) is 65.3 Å². The Morgan fingerprint density at radius 2 is 1.68 bits per heavy atom. The maximum atomic E-state index is 12.6. The van der Waals surface area contributed by atoms with Crippen molar-refractivity contribution in [2.24, 2.45) is 23.2 Å². The van der Waals surface area contributed by atoms with Crippen LogP contribution in [0.5, 0.6) is 0 Å². The first-order valence-corrected chi connectivity index (χ1v) is 10.9. The molecule has 0 atom stereocenters. The molecule has 1 N–H and O–H groups in total. The molecular formula is C24H34N2O2. The van der Waals surface area contributed by atoms with Crippen LogP contribution in [-0.2, 0) is 16.1 Å². The fraction of sp³-hybridized carbons (Fsp3) is 0.667. The van der Waals surface area contributed by atoms with Crippen LogP contribution in [0.1, 0.15) is 61.6 Å². The van der Waals surface area contributed by atoms with Crippen molar-refractivity contribution >= 4 is 11.8 Å². The summed E-state index contributed by atoms with van der Waals surface area (Å²) in [4.78, 5) is 26.8. The van der Waals surface area contributed by atoms with Gasteiger partial charge < -0.3 is 10.2 Å². The van der Waals surface area contributed by atoms with Gasteiger partial charge in [-0.3, -0.25) is 9.59 Å². The number of carbonyl (C=O) groups is 2. The van der Waals surface area contributed by atoms with Gasteiger partial charge in [-0.1, -0.05) is 23.8 Å². The summed E-state index contributed by atoms with van der Waals surface area (Å²) in [7, 11) is 1.81. The van der Waals surface area contributed by atoms with Gasteiger partial charge in [-0.2, -0.15) is 0 Å². The van der Waals surface area contributed by atoms with Gasteiger partial charge in [-0.25, -0.2) is 0 Å². The van der Waals surface area contributed by atoms with Gasteiger partial charge in [0.15, 0.2) is 0 Å². The van der Waals surface area contributed by atoms with Gasteiger partial charge in [0, 0.05) is 20.0 Å². The van der Waals surface area contributed by atoms with Crippen LogP contribution < -0.4 is 5.32 Å². The molecule has 4 aliphatic rings. The third kappa shape index (κ3) is 4.11. The van der Waals surface area contributed by atoms with Crippen molar-refractivity contribution in [3.63, 3.8) is 0 Å². The summed E-state index contributed by atoms with van der Waals surface area (Å²) >= 11 is 0. The van der Waals surface area contributed by atoms with E-state index in [-0.39, 0.29) is 23.8 Å². The summed E-state index contributed by atoms with van der Waals surface area (Å²) in [5, 5.41) is 2.92. The first-order valence-electron chi connectivity index (χ1n) is 10.9. The highest BCUT2D eigenvalue weighted by Crippen LogP contribution is 2.61. The third-order valence-electron chi connectivity index (χ3n) is 7.47. The molecule has 28 heavy (non-hydrogen) atoms. The molecule has 2 amide bonds. The second kappa shape index (κ2) is 7.53. The molecule has 4 fully saturated rings. The first-order chi connectivity index (χ1) is 13.3. The lowest BCUT2D eigenvalue weighted by molar-refractivity contribution is -0.135. The number of aryl methyl sites for hydroxylation is 2. The molecule has 0 aliphatic heterocycles. The average molecular weight is 383 g/mol. The van der Waals surface area contributed by atoms with Gasteiger partial charge in [0.25, 0.3) is 0 Å². The SMILES string of the molecule is Cc1ccc(CN(C)C(=O)CNC(=O)CC23CC4CC(CC(C4)C2)C3)c(C)c1. The largest absolute Gasteiger partial charge is 0.347 e. The molecule has 4 heteroatoms. The molecule has 4 aliphatic carbocycles. The van der Waals surface area contributed by atoms with Crippen LogP contribution in [0.2, 0.25) is 0 Å². The maximum Gasteiger partial charge on any atom is 0.242 e. The maximum absolute atomic E-state index is 12.6. The van der Waals surface area contributed by atoms with E-state index in [9.17, 15) is 9.59 Å². The lowest BCUT2D eigenvalue weighted by Gasteiger charge is -2.56. The van der Waals surface area contributed by atoms with Crippen molar-refractivity contribution in [2.75, 3.05) is 13.6 Å². The second-order valence-corrected chi connectivity index (χ2v) is 10.1. The van der Waals surface area contributed by atoms with E-state index in [4.69, 9.17) is 0 Å². The number of rotatable bonds is 6. The van der Waals surface area contributed by atoms with Crippen LogP contribution in [0.15, 0.2) is 18.2 Å². The second-order valence-electron chi connectivity index (χ2n) is 10.1. The molecule has 0 radical (unpaired) electrons. The van der Waals surface area contributed by atoms with Crippen molar-refractivity contribution in [3.8, 4) is 0 Å². The van der Waals surface area contributed by atoms with E-state index in [1.54, 1.807) is 4.90 Å². The molecule has 4 nitrogen and oxygen atoms in total. The highest BCUT2D eigenvalue weighted by Gasteiger charge is 2.51. The molecule has 1 aromatic carbocycles. The number of likely N-dealkylation sites (N-methyl/N-ethyl adjacent to an activating group) is 1. The fourth-order valence-electron chi connectivity index (χ4n) is 6.59. The Morgan fingerprint density at radius 3 is 2.25 bits per heavy atom. The molecule has 5 rings (SSSR count). The lowest BCUT2D eigenvalue weighted by atomic mass is 9.49. The average Bonchev–Trinajstić information content (AvgIpc) is 2.60. The van der Waals surface area contributed by atoms with E-state index >= 15 is 0 Å². The Labute approximate surface area is 169 Å².